The third-order valence-electron chi connectivity index (χ3n) is 4.87. The molecule has 168 valence electrons. The Morgan fingerprint density at radius 3 is 2.61 bits per heavy atom. The number of amides is 2. The van der Waals surface area contributed by atoms with Gasteiger partial charge in [-0.1, -0.05) is 6.07 Å². The van der Waals surface area contributed by atoms with Crippen LogP contribution in [0.15, 0.2) is 56.2 Å². The van der Waals surface area contributed by atoms with Gasteiger partial charge in [0.2, 0.25) is 5.76 Å². The summed E-state index contributed by atoms with van der Waals surface area (Å²) in [6, 6.07) is 11.0. The summed E-state index contributed by atoms with van der Waals surface area (Å²) in [7, 11) is 1.22. The molecule has 1 aromatic carbocycles. The van der Waals surface area contributed by atoms with Crippen molar-refractivity contribution in [3.8, 4) is 11.3 Å². The third kappa shape index (κ3) is 4.46. The molecule has 10 heteroatoms. The summed E-state index contributed by atoms with van der Waals surface area (Å²) in [5.74, 6) is -1.08. The van der Waals surface area contributed by atoms with Gasteiger partial charge in [0.1, 0.15) is 17.3 Å². The number of rotatable bonds is 6. The van der Waals surface area contributed by atoms with Gasteiger partial charge in [-0.25, -0.2) is 9.59 Å². The Bertz CT molecular complexity index is 1320. The van der Waals surface area contributed by atoms with Crippen molar-refractivity contribution in [2.45, 2.75) is 13.5 Å². The number of methoxy groups -OCH3 is 1. The van der Waals surface area contributed by atoms with Gasteiger partial charge in [0.15, 0.2) is 0 Å². The smallest absolute Gasteiger partial charge is 0.373 e. The first-order chi connectivity index (χ1) is 15.8. The molecule has 0 aliphatic carbocycles. The predicted molar refractivity (Wildman–Crippen MR) is 117 cm³/mol. The van der Waals surface area contributed by atoms with Crippen LogP contribution in [0.4, 0.5) is 4.79 Å². The Kier molecular flexibility index (Phi) is 5.93. The highest BCUT2D eigenvalue weighted by Crippen LogP contribution is 2.35. The number of esters is 1. The van der Waals surface area contributed by atoms with Crippen LogP contribution in [0.25, 0.3) is 17.4 Å². The first-order valence-electron chi connectivity index (χ1n) is 9.63. The van der Waals surface area contributed by atoms with Crippen molar-refractivity contribution >= 4 is 40.9 Å². The van der Waals surface area contributed by atoms with Crippen LogP contribution in [0.5, 0.6) is 0 Å². The van der Waals surface area contributed by atoms with Crippen molar-refractivity contribution in [1.29, 1.82) is 0 Å². The number of carbonyl (C=O) groups excluding carboxylic acids is 3. The Hall–Kier alpha value is -4.05. The number of carboxylic acids is 1. The van der Waals surface area contributed by atoms with E-state index in [1.54, 1.807) is 31.2 Å². The quantitative estimate of drug-likeness (QED) is 0.409. The van der Waals surface area contributed by atoms with Gasteiger partial charge in [-0.3, -0.25) is 14.5 Å². The Morgan fingerprint density at radius 1 is 1.12 bits per heavy atom. The van der Waals surface area contributed by atoms with Crippen molar-refractivity contribution in [3.05, 3.63) is 75.8 Å². The van der Waals surface area contributed by atoms with E-state index in [0.29, 0.717) is 17.1 Å². The van der Waals surface area contributed by atoms with Crippen molar-refractivity contribution in [2.75, 3.05) is 7.11 Å². The van der Waals surface area contributed by atoms with Crippen molar-refractivity contribution in [1.82, 2.24) is 4.90 Å². The lowest BCUT2D eigenvalue weighted by molar-refractivity contribution is -0.123. The molecule has 0 unspecified atom stereocenters. The summed E-state index contributed by atoms with van der Waals surface area (Å²) >= 11 is 0.767. The largest absolute Gasteiger partial charge is 0.478 e. The zero-order valence-corrected chi connectivity index (χ0v) is 18.3. The number of hydrogen-bond acceptors (Lipinski definition) is 8. The lowest BCUT2D eigenvalue weighted by atomic mass is 10.0. The molecule has 4 rings (SSSR count). The van der Waals surface area contributed by atoms with Gasteiger partial charge in [-0.2, -0.15) is 0 Å². The Labute approximate surface area is 191 Å². The number of ether oxygens (including phenoxy) is 1. The number of furan rings is 2. The molecule has 1 N–H and O–H groups in total. The van der Waals surface area contributed by atoms with Crippen molar-refractivity contribution in [3.63, 3.8) is 0 Å². The molecule has 1 saturated heterocycles. The molecule has 2 aromatic heterocycles. The molecular formula is C23H17NO8S. The van der Waals surface area contributed by atoms with Crippen LogP contribution < -0.4 is 0 Å². The molecule has 0 spiro atoms. The molecule has 0 atom stereocenters. The number of aryl methyl sites for hydroxylation is 1. The minimum atomic E-state index is -1.02. The van der Waals surface area contributed by atoms with E-state index in [1.807, 2.05) is 0 Å². The van der Waals surface area contributed by atoms with Gasteiger partial charge in [-0.15, -0.1) is 0 Å². The first kappa shape index (κ1) is 22.2. The Morgan fingerprint density at radius 2 is 1.91 bits per heavy atom. The molecule has 1 aliphatic heterocycles. The molecule has 1 aliphatic rings. The van der Waals surface area contributed by atoms with Gasteiger partial charge in [0.05, 0.1) is 24.1 Å². The van der Waals surface area contributed by atoms with E-state index in [4.69, 9.17) is 13.9 Å². The highest BCUT2D eigenvalue weighted by molar-refractivity contribution is 8.18. The first-order valence-corrected chi connectivity index (χ1v) is 10.4. The summed E-state index contributed by atoms with van der Waals surface area (Å²) in [5, 5.41) is 8.63. The van der Waals surface area contributed by atoms with Crippen molar-refractivity contribution in [2.24, 2.45) is 0 Å². The number of hydrogen-bond donors (Lipinski definition) is 1. The average molecular weight is 467 g/mol. The number of imide groups is 1. The van der Waals surface area contributed by atoms with Gasteiger partial charge in [0, 0.05) is 11.6 Å². The standard InChI is InChI=1S/C23H17NO8S/c1-12-9-13(21(26)27)3-6-16(12)17-7-4-14(31-17)10-19-20(25)24(23(29)33-19)11-15-5-8-18(32-15)22(28)30-2/h3-10H,11H2,1-2H3,(H,26,27)/b19-10+. The number of benzene rings is 1. The van der Waals surface area contributed by atoms with Gasteiger partial charge >= 0.3 is 11.9 Å². The van der Waals surface area contributed by atoms with Gasteiger partial charge < -0.3 is 18.7 Å². The Balaban J connectivity index is 1.51. The van der Waals surface area contributed by atoms with E-state index in [1.165, 1.54) is 31.4 Å². The molecule has 0 saturated carbocycles. The minimum Gasteiger partial charge on any atom is -0.478 e. The van der Waals surface area contributed by atoms with Crippen LogP contribution in [0.2, 0.25) is 0 Å². The fourth-order valence-electron chi connectivity index (χ4n) is 3.24. The second-order valence-electron chi connectivity index (χ2n) is 7.06. The zero-order chi connectivity index (χ0) is 23.7. The lowest BCUT2D eigenvalue weighted by Gasteiger charge is -2.09. The van der Waals surface area contributed by atoms with E-state index in [9.17, 15) is 19.2 Å². The molecule has 0 radical (unpaired) electrons. The monoisotopic (exact) mass is 467 g/mol. The molecule has 9 nitrogen and oxygen atoms in total. The summed E-state index contributed by atoms with van der Waals surface area (Å²) in [6.07, 6.45) is 1.47. The summed E-state index contributed by atoms with van der Waals surface area (Å²) in [6.45, 7) is 1.65. The van der Waals surface area contributed by atoms with Crippen LogP contribution in [-0.4, -0.2) is 40.2 Å². The van der Waals surface area contributed by atoms with E-state index in [0.717, 1.165) is 22.2 Å². The highest BCUT2D eigenvalue weighted by Gasteiger charge is 2.36. The fourth-order valence-corrected chi connectivity index (χ4v) is 4.06. The maximum atomic E-state index is 12.7. The van der Waals surface area contributed by atoms with E-state index in [-0.39, 0.29) is 28.5 Å². The molecule has 1 fully saturated rings. The molecule has 3 aromatic rings. The SMILES string of the molecule is COC(=O)c1ccc(CN2C(=O)S/C(=C/c3ccc(-c4ccc(C(=O)O)cc4C)o3)C2=O)o1. The van der Waals surface area contributed by atoms with Crippen LogP contribution in [0.3, 0.4) is 0 Å². The molecule has 0 bridgehead atoms. The molecular weight excluding hydrogens is 450 g/mol. The topological polar surface area (TPSA) is 127 Å². The number of carbonyl (C=O) groups is 4. The van der Waals surface area contributed by atoms with Gasteiger partial charge in [-0.05, 0) is 60.6 Å². The summed E-state index contributed by atoms with van der Waals surface area (Å²) in [4.78, 5) is 48.9. The van der Waals surface area contributed by atoms with Gasteiger partial charge in [0.25, 0.3) is 11.1 Å². The lowest BCUT2D eigenvalue weighted by Crippen LogP contribution is -2.27. The predicted octanol–water partition coefficient (Wildman–Crippen LogP) is 4.57. The molecule has 2 amide bonds. The van der Waals surface area contributed by atoms with Crippen LogP contribution in [0, 0.1) is 6.92 Å². The highest BCUT2D eigenvalue weighted by atomic mass is 32.2. The fraction of sp³-hybridized carbons (Fsp3) is 0.130. The summed E-state index contributed by atoms with van der Waals surface area (Å²) < 4.78 is 15.7. The normalized spacial score (nSPS) is 14.8. The van der Waals surface area contributed by atoms with Crippen molar-refractivity contribution < 1.29 is 37.9 Å². The van der Waals surface area contributed by atoms with E-state index >= 15 is 0 Å². The second kappa shape index (κ2) is 8.83. The third-order valence-corrected chi connectivity index (χ3v) is 5.78. The van der Waals surface area contributed by atoms with Crippen LogP contribution in [0.1, 0.15) is 38.0 Å². The second-order valence-corrected chi connectivity index (χ2v) is 8.06. The summed E-state index contributed by atoms with van der Waals surface area (Å²) in [5.41, 5.74) is 1.61. The maximum Gasteiger partial charge on any atom is 0.373 e. The minimum absolute atomic E-state index is 0.0233. The van der Waals surface area contributed by atoms with Crippen LogP contribution in [-0.2, 0) is 16.1 Å². The number of nitrogens with zero attached hydrogens (tertiary/aromatic N) is 1. The average Bonchev–Trinajstić information content (AvgIpc) is 3.50. The van der Waals surface area contributed by atoms with E-state index in [2.05, 4.69) is 4.74 Å². The van der Waals surface area contributed by atoms with Crippen LogP contribution >= 0.6 is 11.8 Å². The van der Waals surface area contributed by atoms with E-state index < -0.39 is 23.1 Å². The number of carboxylic acid groups (broad SMARTS) is 1. The number of aromatic carboxylic acids is 1. The number of thioether (sulfide) groups is 1. The molecule has 33 heavy (non-hydrogen) atoms. The molecule has 3 heterocycles. The maximum absolute atomic E-state index is 12.7. The zero-order valence-electron chi connectivity index (χ0n) is 17.5.